The molecule has 0 heterocycles. The topological polar surface area (TPSA) is 34.1 Å². The Balaban J connectivity index is 2.79. The first-order chi connectivity index (χ1) is 8.56. The lowest BCUT2D eigenvalue weighted by Crippen LogP contribution is -1.94. The highest BCUT2D eigenvalue weighted by molar-refractivity contribution is 9.11. The molecule has 0 atom stereocenters. The van der Waals surface area contributed by atoms with Crippen molar-refractivity contribution in [3.05, 3.63) is 46.0 Å². The second-order valence-corrected chi connectivity index (χ2v) is 6.74. The van der Waals surface area contributed by atoms with Gasteiger partial charge in [0.25, 0.3) is 0 Å². The van der Waals surface area contributed by atoms with Crippen LogP contribution in [0.3, 0.4) is 0 Å². The predicted molar refractivity (Wildman–Crippen MR) is 78.3 cm³/mol. The molecule has 2 nitrogen and oxygen atoms in total. The Labute approximate surface area is 117 Å². The van der Waals surface area contributed by atoms with E-state index in [1.165, 1.54) is 0 Å². The summed E-state index contributed by atoms with van der Waals surface area (Å²) < 4.78 is 24.6. The average Bonchev–Trinajstić information content (AvgIpc) is 2.38. The largest absolute Gasteiger partial charge is 0.218 e. The number of rotatable bonds is 6. The number of benzene rings is 1. The molecule has 0 aromatic heterocycles. The summed E-state index contributed by atoms with van der Waals surface area (Å²) in [5.41, 5.74) is 2.80. The van der Waals surface area contributed by atoms with E-state index in [4.69, 9.17) is 0 Å². The summed E-state index contributed by atoms with van der Waals surface area (Å²) in [6.07, 6.45) is 4.16. The first-order valence-electron chi connectivity index (χ1n) is 5.97. The Hall–Kier alpha value is -0.830. The van der Waals surface area contributed by atoms with Crippen molar-refractivity contribution in [2.24, 2.45) is 0 Å². The van der Waals surface area contributed by atoms with Crippen LogP contribution in [-0.4, -0.2) is 8.42 Å². The van der Waals surface area contributed by atoms with Crippen molar-refractivity contribution in [2.75, 3.05) is 0 Å². The van der Waals surface area contributed by atoms with Gasteiger partial charge in [-0.3, -0.25) is 0 Å². The molecule has 1 aromatic carbocycles. The molecule has 1 rings (SSSR count). The minimum Gasteiger partial charge on any atom is -0.218 e. The van der Waals surface area contributed by atoms with Crippen LogP contribution in [-0.2, 0) is 9.84 Å². The molecule has 0 unspecified atom stereocenters. The molecule has 1 aromatic rings. The van der Waals surface area contributed by atoms with Gasteiger partial charge in [-0.25, -0.2) is 8.42 Å². The van der Waals surface area contributed by atoms with E-state index >= 15 is 0 Å². The van der Waals surface area contributed by atoms with Gasteiger partial charge >= 0.3 is 0 Å². The zero-order chi connectivity index (χ0) is 13.4. The summed E-state index contributed by atoms with van der Waals surface area (Å²) in [6.45, 7) is 2.13. The Bertz CT molecular complexity index is 526. The number of hydrogen-bond donors (Lipinski definition) is 0. The molecule has 0 N–H and O–H groups in total. The molecule has 18 heavy (non-hydrogen) atoms. The first kappa shape index (κ1) is 15.2. The fourth-order valence-corrected chi connectivity index (χ4v) is 2.94. The van der Waals surface area contributed by atoms with Gasteiger partial charge in [0.05, 0.1) is 10.3 Å². The van der Waals surface area contributed by atoms with Crippen molar-refractivity contribution in [3.63, 3.8) is 0 Å². The van der Waals surface area contributed by atoms with E-state index in [9.17, 15) is 8.42 Å². The molecule has 0 aliphatic carbocycles. The van der Waals surface area contributed by atoms with Crippen molar-refractivity contribution >= 4 is 25.8 Å². The van der Waals surface area contributed by atoms with Gasteiger partial charge in [-0.2, -0.15) is 0 Å². The molecule has 98 valence electrons. The number of sulfone groups is 1. The standard InChI is InChI=1S/C14H17BrO2S/c1-2-3-5-8-13(15)11-12-18(16,17)14-9-6-4-7-10-14/h4,6-7,9-10,12H,2-3,5,8H2,1H3. The summed E-state index contributed by atoms with van der Waals surface area (Å²) in [6, 6.07) is 8.37. The van der Waals surface area contributed by atoms with Crippen molar-refractivity contribution in [3.8, 4) is 0 Å². The zero-order valence-electron chi connectivity index (χ0n) is 10.4. The lowest BCUT2D eigenvalue weighted by atomic mass is 10.2. The van der Waals surface area contributed by atoms with Crippen LogP contribution < -0.4 is 0 Å². The van der Waals surface area contributed by atoms with E-state index in [2.05, 4.69) is 28.6 Å². The number of halogens is 1. The molecule has 0 saturated heterocycles. The van der Waals surface area contributed by atoms with E-state index < -0.39 is 9.84 Å². The van der Waals surface area contributed by atoms with Crippen LogP contribution in [0, 0.1) is 0 Å². The Morgan fingerprint density at radius 3 is 2.56 bits per heavy atom. The van der Waals surface area contributed by atoms with Crippen molar-refractivity contribution in [2.45, 2.75) is 37.5 Å². The highest BCUT2D eigenvalue weighted by Crippen LogP contribution is 2.15. The molecule has 0 fully saturated rings. The smallest absolute Gasteiger partial charge is 0.207 e. The van der Waals surface area contributed by atoms with Crippen LogP contribution in [0.15, 0.2) is 50.8 Å². The summed E-state index contributed by atoms with van der Waals surface area (Å²) >= 11 is 3.34. The summed E-state index contributed by atoms with van der Waals surface area (Å²) in [5, 5.41) is 1.14. The zero-order valence-corrected chi connectivity index (χ0v) is 12.8. The first-order valence-corrected chi connectivity index (χ1v) is 8.31. The van der Waals surface area contributed by atoms with Gasteiger partial charge < -0.3 is 0 Å². The SMILES string of the molecule is CCCCCC(Br)=C=CS(=O)(=O)c1ccccc1. The Morgan fingerprint density at radius 2 is 1.94 bits per heavy atom. The lowest BCUT2D eigenvalue weighted by Gasteiger charge is -1.97. The summed E-state index contributed by atoms with van der Waals surface area (Å²) in [7, 11) is -3.37. The number of hydrogen-bond acceptors (Lipinski definition) is 2. The quantitative estimate of drug-likeness (QED) is 0.571. The van der Waals surface area contributed by atoms with Crippen LogP contribution in [0.1, 0.15) is 32.6 Å². The molecular formula is C14H17BrO2S. The second kappa shape index (κ2) is 7.57. The van der Waals surface area contributed by atoms with Gasteiger partial charge in [0, 0.05) is 4.48 Å². The molecule has 0 aliphatic rings. The monoisotopic (exact) mass is 328 g/mol. The maximum atomic E-state index is 11.9. The Kier molecular flexibility index (Phi) is 6.41. The molecule has 0 saturated carbocycles. The molecule has 0 spiro atoms. The fourth-order valence-electron chi connectivity index (χ4n) is 1.42. The predicted octanol–water partition coefficient (Wildman–Crippen LogP) is 4.43. The van der Waals surface area contributed by atoms with Crippen LogP contribution in [0.2, 0.25) is 0 Å². The Morgan fingerprint density at radius 1 is 1.28 bits per heavy atom. The normalized spacial score (nSPS) is 10.8. The van der Waals surface area contributed by atoms with E-state index in [1.807, 2.05) is 0 Å². The maximum Gasteiger partial charge on any atom is 0.207 e. The maximum absolute atomic E-state index is 11.9. The van der Waals surface area contributed by atoms with Gasteiger partial charge in [0.1, 0.15) is 0 Å². The third-order valence-electron chi connectivity index (χ3n) is 2.44. The van der Waals surface area contributed by atoms with Crippen molar-refractivity contribution in [1.29, 1.82) is 0 Å². The van der Waals surface area contributed by atoms with Crippen molar-refractivity contribution in [1.82, 2.24) is 0 Å². The van der Waals surface area contributed by atoms with Crippen LogP contribution in [0.4, 0.5) is 0 Å². The molecule has 0 radical (unpaired) electrons. The molecule has 0 aliphatic heterocycles. The number of allylic oxidation sites excluding steroid dienone is 1. The summed E-state index contributed by atoms with van der Waals surface area (Å²) in [5.74, 6) is 0. The van der Waals surface area contributed by atoms with Gasteiger partial charge in [-0.05, 0) is 40.9 Å². The van der Waals surface area contributed by atoms with E-state index in [1.54, 1.807) is 30.3 Å². The molecule has 0 bridgehead atoms. The van der Waals surface area contributed by atoms with Gasteiger partial charge in [0.15, 0.2) is 0 Å². The van der Waals surface area contributed by atoms with Crippen LogP contribution >= 0.6 is 15.9 Å². The van der Waals surface area contributed by atoms with E-state index in [0.29, 0.717) is 4.90 Å². The summed E-state index contributed by atoms with van der Waals surface area (Å²) in [4.78, 5) is 0.298. The van der Waals surface area contributed by atoms with E-state index in [0.717, 1.165) is 35.6 Å². The van der Waals surface area contributed by atoms with Gasteiger partial charge in [-0.15, -0.1) is 0 Å². The number of unbranched alkanes of at least 4 members (excludes halogenated alkanes) is 2. The fraction of sp³-hybridized carbons (Fsp3) is 0.357. The minimum atomic E-state index is -3.37. The lowest BCUT2D eigenvalue weighted by molar-refractivity contribution is 0.604. The highest BCUT2D eigenvalue weighted by atomic mass is 79.9. The van der Waals surface area contributed by atoms with Crippen molar-refractivity contribution < 1.29 is 8.42 Å². The van der Waals surface area contributed by atoms with Crippen LogP contribution in [0.5, 0.6) is 0 Å². The average molecular weight is 329 g/mol. The third kappa shape index (κ3) is 5.21. The van der Waals surface area contributed by atoms with E-state index in [-0.39, 0.29) is 0 Å². The minimum absolute atomic E-state index is 0.298. The second-order valence-electron chi connectivity index (χ2n) is 3.98. The van der Waals surface area contributed by atoms with Crippen LogP contribution in [0.25, 0.3) is 0 Å². The molecule has 0 amide bonds. The third-order valence-corrected chi connectivity index (χ3v) is 4.43. The van der Waals surface area contributed by atoms with Gasteiger partial charge in [-0.1, -0.05) is 43.7 Å². The van der Waals surface area contributed by atoms with Gasteiger partial charge in [0.2, 0.25) is 9.84 Å². The molecular weight excluding hydrogens is 312 g/mol. The highest BCUT2D eigenvalue weighted by Gasteiger charge is 2.08. The molecule has 4 heteroatoms.